The predicted molar refractivity (Wildman–Crippen MR) is 103 cm³/mol. The molecule has 0 spiro atoms. The number of hydrogen-bond donors (Lipinski definition) is 1. The van der Waals surface area contributed by atoms with Crippen molar-refractivity contribution in [2.75, 3.05) is 0 Å². The monoisotopic (exact) mass is 361 g/mol. The van der Waals surface area contributed by atoms with Gasteiger partial charge in [0.2, 0.25) is 0 Å². The normalized spacial score (nSPS) is 13.3. The molecule has 1 aromatic carbocycles. The van der Waals surface area contributed by atoms with Gasteiger partial charge in [0.25, 0.3) is 0 Å². The lowest BCUT2D eigenvalue weighted by Crippen LogP contribution is -2.39. The number of benzene rings is 1. The van der Waals surface area contributed by atoms with Crippen LogP contribution in [0.3, 0.4) is 0 Å². The van der Waals surface area contributed by atoms with Crippen molar-refractivity contribution in [2.45, 2.75) is 71.6 Å². The molecule has 0 aliphatic rings. The van der Waals surface area contributed by atoms with Gasteiger partial charge in [0, 0.05) is 0 Å². The maximum absolute atomic E-state index is 12.1. The molecule has 1 amide bonds. The van der Waals surface area contributed by atoms with Crippen molar-refractivity contribution in [3.05, 3.63) is 48.0 Å². The number of amides is 1. The van der Waals surface area contributed by atoms with Crippen LogP contribution in [0.2, 0.25) is 0 Å². The van der Waals surface area contributed by atoms with E-state index in [9.17, 15) is 9.59 Å². The zero-order chi connectivity index (χ0) is 19.8. The Labute approximate surface area is 156 Å². The van der Waals surface area contributed by atoms with E-state index >= 15 is 0 Å². The van der Waals surface area contributed by atoms with Crippen molar-refractivity contribution in [3.8, 4) is 0 Å². The van der Waals surface area contributed by atoms with E-state index in [1.54, 1.807) is 12.2 Å². The van der Waals surface area contributed by atoms with E-state index in [0.29, 0.717) is 6.42 Å². The number of esters is 1. The molecule has 5 nitrogen and oxygen atoms in total. The summed E-state index contributed by atoms with van der Waals surface area (Å²) in [6, 6.07) is 9.54. The van der Waals surface area contributed by atoms with E-state index in [1.165, 1.54) is 0 Å². The van der Waals surface area contributed by atoms with E-state index in [0.717, 1.165) is 5.56 Å². The van der Waals surface area contributed by atoms with E-state index < -0.39 is 17.3 Å². The summed E-state index contributed by atoms with van der Waals surface area (Å²) in [5.74, 6) is -0.301. The Morgan fingerprint density at radius 1 is 1.00 bits per heavy atom. The molecule has 26 heavy (non-hydrogen) atoms. The second kappa shape index (κ2) is 9.41. The highest BCUT2D eigenvalue weighted by Gasteiger charge is 2.19. The fourth-order valence-corrected chi connectivity index (χ4v) is 2.21. The van der Waals surface area contributed by atoms with Gasteiger partial charge >= 0.3 is 12.1 Å². The summed E-state index contributed by atoms with van der Waals surface area (Å²) in [4.78, 5) is 23.9. The van der Waals surface area contributed by atoms with E-state index in [2.05, 4.69) is 5.32 Å². The second-order valence-electron chi connectivity index (χ2n) is 8.16. The van der Waals surface area contributed by atoms with Gasteiger partial charge < -0.3 is 14.8 Å². The molecule has 0 radical (unpaired) electrons. The van der Waals surface area contributed by atoms with E-state index in [-0.39, 0.29) is 18.4 Å². The first kappa shape index (κ1) is 21.7. The molecule has 1 aromatic rings. The van der Waals surface area contributed by atoms with Crippen molar-refractivity contribution >= 4 is 12.1 Å². The van der Waals surface area contributed by atoms with Gasteiger partial charge in [-0.25, -0.2) is 4.79 Å². The molecular weight excluding hydrogens is 330 g/mol. The van der Waals surface area contributed by atoms with E-state index in [4.69, 9.17) is 9.47 Å². The summed E-state index contributed by atoms with van der Waals surface area (Å²) >= 11 is 0. The van der Waals surface area contributed by atoms with Gasteiger partial charge in [-0.15, -0.1) is 0 Å². The van der Waals surface area contributed by atoms with Crippen LogP contribution in [-0.4, -0.2) is 29.3 Å². The van der Waals surface area contributed by atoms with Gasteiger partial charge in [-0.3, -0.25) is 4.79 Å². The lowest BCUT2D eigenvalue weighted by molar-refractivity contribution is -0.153. The summed E-state index contributed by atoms with van der Waals surface area (Å²) in [5, 5.41) is 2.84. The molecule has 1 rings (SSSR count). The number of carbonyl (C=O) groups is 2. The van der Waals surface area contributed by atoms with Crippen molar-refractivity contribution in [3.63, 3.8) is 0 Å². The van der Waals surface area contributed by atoms with Gasteiger partial charge in [-0.2, -0.15) is 0 Å². The van der Waals surface area contributed by atoms with Crippen LogP contribution < -0.4 is 5.32 Å². The summed E-state index contributed by atoms with van der Waals surface area (Å²) in [6.07, 6.45) is 3.80. The van der Waals surface area contributed by atoms with Gasteiger partial charge in [0.1, 0.15) is 11.2 Å². The summed E-state index contributed by atoms with van der Waals surface area (Å²) in [7, 11) is 0. The Morgan fingerprint density at radius 2 is 1.58 bits per heavy atom. The molecule has 0 aliphatic carbocycles. The van der Waals surface area contributed by atoms with E-state index in [1.807, 2.05) is 71.9 Å². The Bertz CT molecular complexity index is 609. The Morgan fingerprint density at radius 3 is 2.12 bits per heavy atom. The third-order valence-corrected chi connectivity index (χ3v) is 3.07. The molecule has 0 aliphatic heterocycles. The first-order valence-corrected chi connectivity index (χ1v) is 8.86. The van der Waals surface area contributed by atoms with Crippen LogP contribution in [0, 0.1) is 0 Å². The SMILES string of the molecule is CC(C)(C)OC(=O)C/C=C/[C@H](Cc1ccccc1)NC(=O)OC(C)(C)C. The van der Waals surface area contributed by atoms with Crippen LogP contribution in [-0.2, 0) is 20.7 Å². The molecule has 1 atom stereocenters. The third kappa shape index (κ3) is 10.5. The molecule has 144 valence electrons. The molecule has 0 aromatic heterocycles. The van der Waals surface area contributed by atoms with Crippen LogP contribution in [0.15, 0.2) is 42.5 Å². The maximum atomic E-state index is 12.1. The molecule has 0 fully saturated rings. The minimum absolute atomic E-state index is 0.151. The van der Waals surface area contributed by atoms with Crippen molar-refractivity contribution in [1.82, 2.24) is 5.32 Å². The first-order valence-electron chi connectivity index (χ1n) is 8.86. The van der Waals surface area contributed by atoms with Crippen molar-refractivity contribution < 1.29 is 19.1 Å². The first-order chi connectivity index (χ1) is 11.9. The van der Waals surface area contributed by atoms with Crippen molar-refractivity contribution in [2.24, 2.45) is 0 Å². The number of rotatable bonds is 6. The highest BCUT2D eigenvalue weighted by atomic mass is 16.6. The fraction of sp³-hybridized carbons (Fsp3) is 0.524. The Kier molecular flexibility index (Phi) is 7.87. The standard InChI is InChI=1S/C21H31NO4/c1-20(2,3)25-18(23)14-10-13-17(15-16-11-8-7-9-12-16)22-19(24)26-21(4,5)6/h7-13,17H,14-15H2,1-6H3,(H,22,24)/b13-10+/t17-/m1/s1. The number of carbonyl (C=O) groups excluding carboxylic acids is 2. The predicted octanol–water partition coefficient (Wildman–Crippen LogP) is 4.41. The fourth-order valence-electron chi connectivity index (χ4n) is 2.21. The molecule has 0 bridgehead atoms. The average molecular weight is 361 g/mol. The second-order valence-corrected chi connectivity index (χ2v) is 8.16. The number of hydrogen-bond acceptors (Lipinski definition) is 4. The third-order valence-electron chi connectivity index (χ3n) is 3.07. The minimum Gasteiger partial charge on any atom is -0.460 e. The number of ether oxygens (including phenoxy) is 2. The van der Waals surface area contributed by atoms with Crippen LogP contribution in [0.25, 0.3) is 0 Å². The zero-order valence-corrected chi connectivity index (χ0v) is 16.7. The zero-order valence-electron chi connectivity index (χ0n) is 16.7. The highest BCUT2D eigenvalue weighted by Crippen LogP contribution is 2.11. The summed E-state index contributed by atoms with van der Waals surface area (Å²) in [5.41, 5.74) is 0.000511. The molecular formula is C21H31NO4. The lowest BCUT2D eigenvalue weighted by Gasteiger charge is -2.22. The number of nitrogens with one attached hydrogen (secondary N) is 1. The van der Waals surface area contributed by atoms with Gasteiger partial charge in [0.05, 0.1) is 12.5 Å². The minimum atomic E-state index is -0.568. The van der Waals surface area contributed by atoms with Gasteiger partial charge in [0.15, 0.2) is 0 Å². The maximum Gasteiger partial charge on any atom is 0.408 e. The largest absolute Gasteiger partial charge is 0.460 e. The van der Waals surface area contributed by atoms with Crippen LogP contribution in [0.4, 0.5) is 4.79 Å². The van der Waals surface area contributed by atoms with Gasteiger partial charge in [-0.05, 0) is 53.5 Å². The smallest absolute Gasteiger partial charge is 0.408 e. The molecule has 0 heterocycles. The highest BCUT2D eigenvalue weighted by molar-refractivity contribution is 5.72. The molecule has 0 unspecified atom stereocenters. The average Bonchev–Trinajstić information content (AvgIpc) is 2.44. The Balaban J connectivity index is 2.72. The molecule has 5 heteroatoms. The summed E-state index contributed by atoms with van der Waals surface area (Å²) < 4.78 is 10.6. The molecule has 0 saturated carbocycles. The summed E-state index contributed by atoms with van der Waals surface area (Å²) in [6.45, 7) is 10.9. The topological polar surface area (TPSA) is 64.6 Å². The molecule has 1 N–H and O–H groups in total. The Hall–Kier alpha value is -2.30. The van der Waals surface area contributed by atoms with Crippen LogP contribution in [0.1, 0.15) is 53.5 Å². The van der Waals surface area contributed by atoms with Crippen LogP contribution in [0.5, 0.6) is 0 Å². The molecule has 0 saturated heterocycles. The van der Waals surface area contributed by atoms with Gasteiger partial charge in [-0.1, -0.05) is 42.5 Å². The van der Waals surface area contributed by atoms with Crippen LogP contribution >= 0.6 is 0 Å². The van der Waals surface area contributed by atoms with Crippen molar-refractivity contribution in [1.29, 1.82) is 0 Å². The lowest BCUT2D eigenvalue weighted by atomic mass is 10.1. The quantitative estimate of drug-likeness (QED) is 0.602. The number of alkyl carbamates (subject to hydrolysis) is 1.